The maximum atomic E-state index is 3.65. The van der Waals surface area contributed by atoms with Crippen molar-refractivity contribution >= 4 is 21.6 Å². The van der Waals surface area contributed by atoms with Crippen LogP contribution >= 0.6 is 15.9 Å². The molecule has 0 amide bonds. The molecule has 1 aliphatic heterocycles. The maximum Gasteiger partial charge on any atom is 0.0386 e. The van der Waals surface area contributed by atoms with E-state index in [1.165, 1.54) is 28.6 Å². The molecule has 1 unspecified atom stereocenters. The summed E-state index contributed by atoms with van der Waals surface area (Å²) in [6.07, 6.45) is 2.39. The third-order valence-corrected chi connectivity index (χ3v) is 3.92. The van der Waals surface area contributed by atoms with E-state index < -0.39 is 0 Å². The fourth-order valence-corrected chi connectivity index (χ4v) is 2.71. The van der Waals surface area contributed by atoms with Crippen LogP contribution in [0.3, 0.4) is 0 Å². The number of anilines is 1. The van der Waals surface area contributed by atoms with E-state index in [-0.39, 0.29) is 0 Å². The van der Waals surface area contributed by atoms with Gasteiger partial charge in [0.1, 0.15) is 0 Å². The molecule has 0 aliphatic carbocycles. The van der Waals surface area contributed by atoms with Crippen LogP contribution < -0.4 is 5.32 Å². The number of fused-ring (bicyclic) bond motifs is 1. The fourth-order valence-electron chi connectivity index (χ4n) is 2.15. The van der Waals surface area contributed by atoms with Crippen molar-refractivity contribution in [1.82, 2.24) is 0 Å². The van der Waals surface area contributed by atoms with E-state index in [9.17, 15) is 0 Å². The predicted molar refractivity (Wildman–Crippen MR) is 69.3 cm³/mol. The van der Waals surface area contributed by atoms with Crippen molar-refractivity contribution < 1.29 is 0 Å². The molecule has 0 radical (unpaired) electrons. The maximum absolute atomic E-state index is 3.65. The number of hydrogen-bond acceptors (Lipinski definition) is 1. The van der Waals surface area contributed by atoms with E-state index in [1.54, 1.807) is 0 Å². The van der Waals surface area contributed by atoms with Crippen molar-refractivity contribution in [3.05, 3.63) is 28.2 Å². The molecule has 1 aromatic carbocycles. The topological polar surface area (TPSA) is 12.0 Å². The highest BCUT2D eigenvalue weighted by Crippen LogP contribution is 2.36. The van der Waals surface area contributed by atoms with Crippen molar-refractivity contribution in [3.63, 3.8) is 0 Å². The van der Waals surface area contributed by atoms with Crippen LogP contribution in [0.5, 0.6) is 0 Å². The van der Waals surface area contributed by atoms with Gasteiger partial charge in [-0.1, -0.05) is 42.8 Å². The molecule has 0 aromatic heterocycles. The Bertz CT molecular complexity index is 365. The van der Waals surface area contributed by atoms with Crippen molar-refractivity contribution in [2.45, 2.75) is 39.7 Å². The quantitative estimate of drug-likeness (QED) is 0.742. The van der Waals surface area contributed by atoms with Crippen LogP contribution in [-0.4, -0.2) is 6.04 Å². The Labute approximate surface area is 100 Å². The SMILES string of the molecule is CC(C)(C)C1CCc2c(Br)cccc2N1. The molecule has 82 valence electrons. The molecular weight excluding hydrogens is 250 g/mol. The molecule has 0 saturated carbocycles. The van der Waals surface area contributed by atoms with Crippen LogP contribution in [0, 0.1) is 5.41 Å². The minimum absolute atomic E-state index is 0.333. The molecule has 1 aromatic rings. The third kappa shape index (κ3) is 2.20. The van der Waals surface area contributed by atoms with Crippen LogP contribution in [-0.2, 0) is 6.42 Å². The van der Waals surface area contributed by atoms with Crippen molar-refractivity contribution in [1.29, 1.82) is 0 Å². The van der Waals surface area contributed by atoms with Gasteiger partial charge < -0.3 is 5.32 Å². The van der Waals surface area contributed by atoms with Crippen LogP contribution in [0.1, 0.15) is 32.8 Å². The molecule has 0 fully saturated rings. The van der Waals surface area contributed by atoms with Crippen molar-refractivity contribution in [3.8, 4) is 0 Å². The highest BCUT2D eigenvalue weighted by atomic mass is 79.9. The first kappa shape index (κ1) is 11.0. The van der Waals surface area contributed by atoms with E-state index in [0.29, 0.717) is 11.5 Å². The van der Waals surface area contributed by atoms with Gasteiger partial charge in [0.15, 0.2) is 0 Å². The lowest BCUT2D eigenvalue weighted by molar-refractivity contribution is 0.321. The molecule has 0 spiro atoms. The van der Waals surface area contributed by atoms with Gasteiger partial charge in [0.25, 0.3) is 0 Å². The molecule has 0 saturated heterocycles. The van der Waals surface area contributed by atoms with Gasteiger partial charge in [0.05, 0.1) is 0 Å². The Kier molecular flexibility index (Phi) is 2.80. The van der Waals surface area contributed by atoms with Gasteiger partial charge in [-0.3, -0.25) is 0 Å². The second kappa shape index (κ2) is 3.82. The summed E-state index contributed by atoms with van der Waals surface area (Å²) in [5.41, 5.74) is 3.06. The molecule has 1 N–H and O–H groups in total. The standard InChI is InChI=1S/C13H18BrN/c1-13(2,3)12-8-7-9-10(14)5-4-6-11(9)15-12/h4-6,12,15H,7-8H2,1-3H3. The van der Waals surface area contributed by atoms with E-state index in [4.69, 9.17) is 0 Å². The summed E-state index contributed by atoms with van der Waals surface area (Å²) in [5, 5.41) is 3.65. The molecular formula is C13H18BrN. The largest absolute Gasteiger partial charge is 0.382 e. The number of halogens is 1. The molecule has 1 heterocycles. The van der Waals surface area contributed by atoms with Crippen LogP contribution in [0.15, 0.2) is 22.7 Å². The second-order valence-corrected chi connectivity index (χ2v) is 6.22. The van der Waals surface area contributed by atoms with Gasteiger partial charge in [-0.15, -0.1) is 0 Å². The molecule has 1 aliphatic rings. The number of hydrogen-bond donors (Lipinski definition) is 1. The second-order valence-electron chi connectivity index (χ2n) is 5.37. The zero-order valence-electron chi connectivity index (χ0n) is 9.60. The highest BCUT2D eigenvalue weighted by molar-refractivity contribution is 9.10. The van der Waals surface area contributed by atoms with Crippen LogP contribution in [0.2, 0.25) is 0 Å². The van der Waals surface area contributed by atoms with Gasteiger partial charge >= 0.3 is 0 Å². The number of rotatable bonds is 0. The average Bonchev–Trinajstić information content (AvgIpc) is 2.16. The van der Waals surface area contributed by atoms with Gasteiger partial charge in [0.2, 0.25) is 0 Å². The Balaban J connectivity index is 2.28. The van der Waals surface area contributed by atoms with Gasteiger partial charge in [-0.05, 0) is 36.0 Å². The molecule has 1 atom stereocenters. The smallest absolute Gasteiger partial charge is 0.0386 e. The average molecular weight is 268 g/mol. The Hall–Kier alpha value is -0.500. The zero-order valence-corrected chi connectivity index (χ0v) is 11.2. The minimum atomic E-state index is 0.333. The third-order valence-electron chi connectivity index (χ3n) is 3.18. The summed E-state index contributed by atoms with van der Waals surface area (Å²) in [7, 11) is 0. The monoisotopic (exact) mass is 267 g/mol. The first-order chi connectivity index (χ1) is 6.98. The first-order valence-corrected chi connectivity index (χ1v) is 6.32. The summed E-state index contributed by atoms with van der Waals surface area (Å²) in [5.74, 6) is 0. The Morgan fingerprint density at radius 2 is 2.07 bits per heavy atom. The molecule has 2 rings (SSSR count). The molecule has 1 nitrogen and oxygen atoms in total. The lowest BCUT2D eigenvalue weighted by Crippen LogP contribution is -2.37. The first-order valence-electron chi connectivity index (χ1n) is 5.52. The molecule has 15 heavy (non-hydrogen) atoms. The fraction of sp³-hybridized carbons (Fsp3) is 0.538. The lowest BCUT2D eigenvalue weighted by atomic mass is 9.81. The number of benzene rings is 1. The Morgan fingerprint density at radius 1 is 1.33 bits per heavy atom. The zero-order chi connectivity index (χ0) is 11.1. The summed E-state index contributed by atoms with van der Waals surface area (Å²) < 4.78 is 1.24. The van der Waals surface area contributed by atoms with Crippen molar-refractivity contribution in [2.75, 3.05) is 5.32 Å². The van der Waals surface area contributed by atoms with Gasteiger partial charge in [-0.25, -0.2) is 0 Å². The lowest BCUT2D eigenvalue weighted by Gasteiger charge is -2.36. The van der Waals surface area contributed by atoms with Crippen molar-refractivity contribution in [2.24, 2.45) is 5.41 Å². The van der Waals surface area contributed by atoms with E-state index >= 15 is 0 Å². The summed E-state index contributed by atoms with van der Waals surface area (Å²) in [6, 6.07) is 6.98. The van der Waals surface area contributed by atoms with Gasteiger partial charge in [0, 0.05) is 16.2 Å². The predicted octanol–water partition coefficient (Wildman–Crippen LogP) is 4.22. The summed E-state index contributed by atoms with van der Waals surface area (Å²) in [6.45, 7) is 6.90. The number of nitrogens with one attached hydrogen (secondary N) is 1. The Morgan fingerprint density at radius 3 is 2.73 bits per heavy atom. The summed E-state index contributed by atoms with van der Waals surface area (Å²) >= 11 is 3.61. The normalized spacial score (nSPS) is 20.7. The molecule has 0 bridgehead atoms. The van der Waals surface area contributed by atoms with E-state index in [2.05, 4.69) is 60.2 Å². The minimum Gasteiger partial charge on any atom is -0.382 e. The van der Waals surface area contributed by atoms with E-state index in [0.717, 1.165) is 0 Å². The van der Waals surface area contributed by atoms with Crippen LogP contribution in [0.4, 0.5) is 5.69 Å². The highest BCUT2D eigenvalue weighted by Gasteiger charge is 2.28. The summed E-state index contributed by atoms with van der Waals surface area (Å²) in [4.78, 5) is 0. The van der Waals surface area contributed by atoms with Gasteiger partial charge in [-0.2, -0.15) is 0 Å². The molecule has 2 heteroatoms. The van der Waals surface area contributed by atoms with Crippen LogP contribution in [0.25, 0.3) is 0 Å². The van der Waals surface area contributed by atoms with E-state index in [1.807, 2.05) is 0 Å².